The Bertz CT molecular complexity index is 371. The van der Waals surface area contributed by atoms with Crippen molar-refractivity contribution in [3.8, 4) is 0 Å². The van der Waals surface area contributed by atoms with E-state index >= 15 is 0 Å². The Morgan fingerprint density at radius 3 is 2.67 bits per heavy atom. The van der Waals surface area contributed by atoms with E-state index in [2.05, 4.69) is 10.4 Å². The molecule has 15 heavy (non-hydrogen) atoms. The van der Waals surface area contributed by atoms with Gasteiger partial charge in [-0.1, -0.05) is 11.6 Å². The van der Waals surface area contributed by atoms with Gasteiger partial charge in [0.2, 0.25) is 0 Å². The summed E-state index contributed by atoms with van der Waals surface area (Å²) in [6.45, 7) is 2.75. The first-order valence-electron chi connectivity index (χ1n) is 5.12. The highest BCUT2D eigenvalue weighted by atomic mass is 35.5. The first kappa shape index (κ1) is 10.9. The van der Waals surface area contributed by atoms with Gasteiger partial charge >= 0.3 is 0 Å². The van der Waals surface area contributed by atoms with E-state index in [9.17, 15) is 0 Å². The molecule has 4 nitrogen and oxygen atoms in total. The topological polar surface area (TPSA) is 50.1 Å². The summed E-state index contributed by atoms with van der Waals surface area (Å²) in [4.78, 5) is 0. The Morgan fingerprint density at radius 2 is 2.27 bits per heavy atom. The van der Waals surface area contributed by atoms with Crippen molar-refractivity contribution >= 4 is 11.6 Å². The normalized spacial score (nSPS) is 18.1. The van der Waals surface area contributed by atoms with Gasteiger partial charge in [0.05, 0.1) is 23.0 Å². The molecule has 1 saturated carbocycles. The second-order valence-electron chi connectivity index (χ2n) is 4.26. The molecule has 5 heteroatoms. The van der Waals surface area contributed by atoms with Gasteiger partial charge in [0.25, 0.3) is 0 Å². The van der Waals surface area contributed by atoms with Crippen LogP contribution in [0.25, 0.3) is 0 Å². The Hall–Kier alpha value is -0.580. The maximum atomic E-state index is 9.16. The Kier molecular flexibility index (Phi) is 2.75. The smallest absolute Gasteiger partial charge is 0.0860 e. The fraction of sp³-hybridized carbons (Fsp3) is 0.700. The minimum atomic E-state index is -0.0541. The SMILES string of the molecule is Cc1nn(C)c(CNC2(CO)CC2)c1Cl. The van der Waals surface area contributed by atoms with Crippen LogP contribution in [-0.4, -0.2) is 27.0 Å². The van der Waals surface area contributed by atoms with E-state index in [-0.39, 0.29) is 12.1 Å². The van der Waals surface area contributed by atoms with Crippen LogP contribution in [0.3, 0.4) is 0 Å². The first-order chi connectivity index (χ1) is 7.08. The quantitative estimate of drug-likeness (QED) is 0.810. The molecule has 1 aliphatic rings. The molecule has 0 spiro atoms. The first-order valence-corrected chi connectivity index (χ1v) is 5.50. The minimum Gasteiger partial charge on any atom is -0.394 e. The number of hydrogen-bond acceptors (Lipinski definition) is 3. The van der Waals surface area contributed by atoms with Crippen LogP contribution in [0, 0.1) is 6.92 Å². The molecular weight excluding hydrogens is 214 g/mol. The number of aliphatic hydroxyl groups excluding tert-OH is 1. The number of halogens is 1. The molecular formula is C10H16ClN3O. The van der Waals surface area contributed by atoms with Crippen molar-refractivity contribution in [1.82, 2.24) is 15.1 Å². The van der Waals surface area contributed by atoms with Crippen LogP contribution < -0.4 is 5.32 Å². The fourth-order valence-corrected chi connectivity index (χ4v) is 1.91. The Balaban J connectivity index is 2.05. The van der Waals surface area contributed by atoms with E-state index in [0.29, 0.717) is 6.54 Å². The van der Waals surface area contributed by atoms with E-state index < -0.39 is 0 Å². The summed E-state index contributed by atoms with van der Waals surface area (Å²) in [5, 5.41) is 17.5. The molecule has 0 amide bonds. The summed E-state index contributed by atoms with van der Waals surface area (Å²) in [6.07, 6.45) is 2.08. The van der Waals surface area contributed by atoms with Crippen molar-refractivity contribution in [2.24, 2.45) is 7.05 Å². The second-order valence-corrected chi connectivity index (χ2v) is 4.64. The molecule has 2 N–H and O–H groups in total. The molecule has 2 rings (SSSR count). The lowest BCUT2D eigenvalue weighted by Crippen LogP contribution is -2.34. The number of nitrogens with one attached hydrogen (secondary N) is 1. The zero-order valence-electron chi connectivity index (χ0n) is 9.05. The van der Waals surface area contributed by atoms with Crippen molar-refractivity contribution < 1.29 is 5.11 Å². The minimum absolute atomic E-state index is 0.0541. The van der Waals surface area contributed by atoms with Crippen molar-refractivity contribution in [2.45, 2.75) is 31.8 Å². The van der Waals surface area contributed by atoms with Gasteiger partial charge < -0.3 is 10.4 Å². The molecule has 1 heterocycles. The third-order valence-electron chi connectivity index (χ3n) is 3.05. The standard InChI is InChI=1S/C10H16ClN3O/c1-7-9(11)8(14(2)13-7)5-12-10(6-15)3-4-10/h12,15H,3-6H2,1-2H3. The third-order valence-corrected chi connectivity index (χ3v) is 3.54. The number of aryl methyl sites for hydroxylation is 2. The summed E-state index contributed by atoms with van der Waals surface area (Å²) in [6, 6.07) is 0. The van der Waals surface area contributed by atoms with Crippen molar-refractivity contribution in [1.29, 1.82) is 0 Å². The van der Waals surface area contributed by atoms with E-state index in [1.165, 1.54) is 0 Å². The molecule has 0 aromatic carbocycles. The van der Waals surface area contributed by atoms with Gasteiger partial charge in [0.1, 0.15) is 0 Å². The summed E-state index contributed by atoms with van der Waals surface area (Å²) in [7, 11) is 1.88. The van der Waals surface area contributed by atoms with Gasteiger partial charge in [0, 0.05) is 19.1 Å². The lowest BCUT2D eigenvalue weighted by molar-refractivity contribution is 0.229. The summed E-state index contributed by atoms with van der Waals surface area (Å²) < 4.78 is 1.79. The third kappa shape index (κ3) is 2.02. The van der Waals surface area contributed by atoms with Gasteiger partial charge in [-0.05, 0) is 19.8 Å². The monoisotopic (exact) mass is 229 g/mol. The molecule has 0 aliphatic heterocycles. The van der Waals surface area contributed by atoms with Crippen LogP contribution in [0.5, 0.6) is 0 Å². The fourth-order valence-electron chi connectivity index (χ4n) is 1.69. The van der Waals surface area contributed by atoms with E-state index in [4.69, 9.17) is 16.7 Å². The van der Waals surface area contributed by atoms with Gasteiger partial charge in [-0.2, -0.15) is 5.10 Å². The second kappa shape index (κ2) is 3.77. The van der Waals surface area contributed by atoms with Gasteiger partial charge in [-0.15, -0.1) is 0 Å². The molecule has 0 bridgehead atoms. The zero-order chi connectivity index (χ0) is 11.1. The summed E-state index contributed by atoms with van der Waals surface area (Å²) in [5.41, 5.74) is 1.78. The van der Waals surface area contributed by atoms with Crippen LogP contribution in [0.2, 0.25) is 5.02 Å². The largest absolute Gasteiger partial charge is 0.394 e. The Morgan fingerprint density at radius 1 is 1.60 bits per heavy atom. The zero-order valence-corrected chi connectivity index (χ0v) is 9.80. The number of hydrogen-bond donors (Lipinski definition) is 2. The van der Waals surface area contributed by atoms with Crippen LogP contribution in [0.4, 0.5) is 0 Å². The van der Waals surface area contributed by atoms with Crippen molar-refractivity contribution in [2.75, 3.05) is 6.61 Å². The molecule has 1 aromatic heterocycles. The number of aliphatic hydroxyl groups is 1. The molecule has 1 aromatic rings. The average Bonchev–Trinajstić information content (AvgIpc) is 2.93. The predicted octanol–water partition coefficient (Wildman–Crippen LogP) is 0.996. The molecule has 0 unspecified atom stereocenters. The van der Waals surface area contributed by atoms with Crippen LogP contribution in [0.1, 0.15) is 24.2 Å². The number of aromatic nitrogens is 2. The van der Waals surface area contributed by atoms with Gasteiger partial charge in [-0.3, -0.25) is 4.68 Å². The van der Waals surface area contributed by atoms with Crippen LogP contribution in [0.15, 0.2) is 0 Å². The molecule has 84 valence electrons. The lowest BCUT2D eigenvalue weighted by atomic mass is 10.2. The van der Waals surface area contributed by atoms with E-state index in [1.54, 1.807) is 4.68 Å². The molecule has 0 atom stereocenters. The van der Waals surface area contributed by atoms with Gasteiger partial charge in [0.15, 0.2) is 0 Å². The maximum Gasteiger partial charge on any atom is 0.0860 e. The molecule has 0 saturated heterocycles. The van der Waals surface area contributed by atoms with E-state index in [1.807, 2.05) is 14.0 Å². The van der Waals surface area contributed by atoms with Crippen LogP contribution >= 0.6 is 11.6 Å². The van der Waals surface area contributed by atoms with Crippen molar-refractivity contribution in [3.63, 3.8) is 0 Å². The lowest BCUT2D eigenvalue weighted by Gasteiger charge is -2.14. The molecule has 1 fully saturated rings. The summed E-state index contributed by atoms with van der Waals surface area (Å²) >= 11 is 6.12. The van der Waals surface area contributed by atoms with Crippen molar-refractivity contribution in [3.05, 3.63) is 16.4 Å². The maximum absolute atomic E-state index is 9.16. The average molecular weight is 230 g/mol. The Labute approximate surface area is 94.2 Å². The number of rotatable bonds is 4. The summed E-state index contributed by atoms with van der Waals surface area (Å²) in [5.74, 6) is 0. The number of nitrogens with zero attached hydrogens (tertiary/aromatic N) is 2. The highest BCUT2D eigenvalue weighted by molar-refractivity contribution is 6.31. The van der Waals surface area contributed by atoms with Crippen LogP contribution in [-0.2, 0) is 13.6 Å². The highest BCUT2D eigenvalue weighted by Gasteiger charge is 2.41. The molecule has 0 radical (unpaired) electrons. The molecule has 1 aliphatic carbocycles. The highest BCUT2D eigenvalue weighted by Crippen LogP contribution is 2.35. The van der Waals surface area contributed by atoms with Gasteiger partial charge in [-0.25, -0.2) is 0 Å². The van der Waals surface area contributed by atoms with E-state index in [0.717, 1.165) is 29.3 Å². The predicted molar refractivity (Wildman–Crippen MR) is 58.8 cm³/mol.